The monoisotopic (exact) mass is 795 g/mol. The van der Waals surface area contributed by atoms with E-state index in [0.717, 1.165) is 69.4 Å². The van der Waals surface area contributed by atoms with Crippen LogP contribution in [0.3, 0.4) is 0 Å². The molecule has 18 heteroatoms. The maximum absolute atomic E-state index is 14.7. The number of nitrogens with one attached hydrogen (secondary N) is 2. The zero-order valence-corrected chi connectivity index (χ0v) is 32.0. The molecular formula is C35H56F3N4O9P2+. The van der Waals surface area contributed by atoms with E-state index in [-0.39, 0.29) is 25.0 Å². The largest absolute Gasteiger partial charge is 0.490 e. The quantitative estimate of drug-likeness (QED) is 0.0786. The van der Waals surface area contributed by atoms with Crippen molar-refractivity contribution in [1.29, 1.82) is 0 Å². The molecule has 2 saturated carbocycles. The van der Waals surface area contributed by atoms with Crippen LogP contribution in [0.25, 0.3) is 0 Å². The van der Waals surface area contributed by atoms with Crippen LogP contribution < -0.4 is 22.1 Å². The Kier molecular flexibility index (Phi) is 17.9. The molecule has 1 aromatic rings. The van der Waals surface area contributed by atoms with Gasteiger partial charge in [-0.15, -0.1) is 0 Å². The lowest BCUT2D eigenvalue weighted by molar-refractivity contribution is -0.204. The van der Waals surface area contributed by atoms with Crippen LogP contribution in [0.2, 0.25) is 0 Å². The standard InChI is InChI=1S/C35H55F3N4O9P2/c1-24(50-34(46)35(36,37)38)31(40)33(45)42-19-29(23-52(47,48)20-26-13-7-3-8-14-26)51-53(49,21-27-15-9-4-10-16-27)22-28(43)18-41-32(44)30(39)17-25-11-5-2-6-12-25/h2,5-6,11-12,20,24,27-31,43,47-48H,3-4,7-10,13-19,21-23,39-40H2,1H3,(H-,41,42,44,45)/p+1/t24-,28+,29+,30-,31?,53?/m0/s1. The zero-order valence-electron chi connectivity index (χ0n) is 30.2. The van der Waals surface area contributed by atoms with Crippen molar-refractivity contribution < 1.29 is 56.3 Å². The summed E-state index contributed by atoms with van der Waals surface area (Å²) in [7, 11) is -7.70. The molecule has 0 heterocycles. The number of aliphatic hydroxyl groups is 1. The molecule has 0 radical (unpaired) electrons. The minimum absolute atomic E-state index is 0.0179. The van der Waals surface area contributed by atoms with Crippen molar-refractivity contribution in [2.45, 2.75) is 114 Å². The number of hydrogen-bond acceptors (Lipinski definition) is 11. The summed E-state index contributed by atoms with van der Waals surface area (Å²) in [6, 6.07) is 6.51. The number of carbonyl (C=O) groups excluding carboxylic acids is 3. The van der Waals surface area contributed by atoms with E-state index in [2.05, 4.69) is 15.4 Å². The highest BCUT2D eigenvalue weighted by atomic mass is 31.2. The van der Waals surface area contributed by atoms with Crippen molar-refractivity contribution in [3.8, 4) is 0 Å². The Hall–Kier alpha value is -2.42. The maximum Gasteiger partial charge on any atom is 0.490 e. The molecule has 2 unspecified atom stereocenters. The summed E-state index contributed by atoms with van der Waals surface area (Å²) in [6.45, 7) is 0.255. The molecular weight excluding hydrogens is 739 g/mol. The predicted molar refractivity (Wildman–Crippen MR) is 196 cm³/mol. The van der Waals surface area contributed by atoms with Gasteiger partial charge in [0.25, 0.3) is 7.72 Å². The number of hydrogen-bond donors (Lipinski definition) is 7. The van der Waals surface area contributed by atoms with Gasteiger partial charge in [-0.25, -0.2) is 14.6 Å². The van der Waals surface area contributed by atoms with Gasteiger partial charge in [0, 0.05) is 19.3 Å². The number of carbonyl (C=O) groups is 3. The molecule has 0 aromatic heterocycles. The molecule has 2 amide bonds. The highest BCUT2D eigenvalue weighted by Crippen LogP contribution is 2.58. The van der Waals surface area contributed by atoms with Gasteiger partial charge in [0.1, 0.15) is 30.2 Å². The smallest absolute Gasteiger partial charge is 0.454 e. The highest BCUT2D eigenvalue weighted by molar-refractivity contribution is 7.67. The highest BCUT2D eigenvalue weighted by Gasteiger charge is 2.44. The Morgan fingerprint density at radius 1 is 0.981 bits per heavy atom. The number of allylic oxidation sites excluding steroid dienone is 1. The summed E-state index contributed by atoms with van der Waals surface area (Å²) in [5, 5.41) is 16.1. The van der Waals surface area contributed by atoms with Crippen LogP contribution in [0.15, 0.2) is 41.7 Å². The predicted octanol–water partition coefficient (Wildman–Crippen LogP) is 3.89. The van der Waals surface area contributed by atoms with Crippen LogP contribution in [0.4, 0.5) is 13.2 Å². The van der Waals surface area contributed by atoms with Crippen LogP contribution in [0, 0.1) is 5.92 Å². The number of halogens is 3. The molecule has 6 atom stereocenters. The third-order valence-corrected chi connectivity index (χ3v) is 13.9. The van der Waals surface area contributed by atoms with E-state index in [1.807, 2.05) is 30.3 Å². The zero-order chi connectivity index (χ0) is 39.2. The van der Waals surface area contributed by atoms with Crippen molar-refractivity contribution in [3.05, 3.63) is 47.3 Å². The second-order valence-electron chi connectivity index (χ2n) is 14.3. The van der Waals surface area contributed by atoms with Crippen LogP contribution in [-0.4, -0.2) is 101 Å². The van der Waals surface area contributed by atoms with E-state index in [0.29, 0.717) is 12.8 Å². The molecule has 2 fully saturated rings. The SMILES string of the molecule is C[C@H](OC(=O)C(F)(F)F)C(N)C(=O)NC[C@H](C[P+](O)(O)C=C1CCCCC1)OP(=O)(CC1CCCCC1)C[C@H](O)CNC(=O)[C@@H](N)Cc1ccccc1. The van der Waals surface area contributed by atoms with E-state index in [1.165, 1.54) is 5.82 Å². The van der Waals surface area contributed by atoms with E-state index in [4.69, 9.17) is 16.0 Å². The van der Waals surface area contributed by atoms with Crippen molar-refractivity contribution >= 4 is 32.9 Å². The molecule has 0 spiro atoms. The van der Waals surface area contributed by atoms with Crippen LogP contribution in [0.1, 0.15) is 76.7 Å². The number of rotatable bonds is 19. The molecule has 2 aliphatic carbocycles. The number of ether oxygens (including phenoxy) is 1. The fourth-order valence-corrected chi connectivity index (χ4v) is 11.5. The molecule has 0 aliphatic heterocycles. The van der Waals surface area contributed by atoms with Gasteiger partial charge in [-0.05, 0) is 68.9 Å². The molecule has 9 N–H and O–H groups in total. The first-order valence-corrected chi connectivity index (χ1v) is 22.2. The molecule has 0 bridgehead atoms. The van der Waals surface area contributed by atoms with Crippen molar-refractivity contribution in [3.63, 3.8) is 0 Å². The van der Waals surface area contributed by atoms with Crippen molar-refractivity contribution in [2.24, 2.45) is 17.4 Å². The maximum atomic E-state index is 14.7. The Morgan fingerprint density at radius 2 is 1.58 bits per heavy atom. The normalized spacial score (nSPS) is 19.9. The van der Waals surface area contributed by atoms with Gasteiger partial charge in [0.15, 0.2) is 0 Å². The fourth-order valence-electron chi connectivity index (χ4n) is 6.66. The van der Waals surface area contributed by atoms with Gasteiger partial charge >= 0.3 is 12.1 Å². The average molecular weight is 796 g/mol. The molecule has 3 rings (SSSR count). The number of alkyl halides is 3. The van der Waals surface area contributed by atoms with Crippen LogP contribution in [-0.2, 0) is 34.6 Å². The van der Waals surface area contributed by atoms with Gasteiger partial charge in [-0.1, -0.05) is 56.0 Å². The van der Waals surface area contributed by atoms with E-state index >= 15 is 0 Å². The fraction of sp³-hybridized carbons (Fsp3) is 0.686. The van der Waals surface area contributed by atoms with Gasteiger partial charge in [0.2, 0.25) is 19.2 Å². The number of amides is 2. The summed E-state index contributed by atoms with van der Waals surface area (Å²) < 4.78 is 63.4. The number of benzene rings is 1. The summed E-state index contributed by atoms with van der Waals surface area (Å²) in [4.78, 5) is 59.4. The molecule has 300 valence electrons. The Morgan fingerprint density at radius 3 is 2.21 bits per heavy atom. The second kappa shape index (κ2) is 21.0. The summed E-state index contributed by atoms with van der Waals surface area (Å²) in [5.41, 5.74) is 13.6. The third-order valence-electron chi connectivity index (χ3n) is 9.43. The lowest BCUT2D eigenvalue weighted by Crippen LogP contribution is -2.51. The van der Waals surface area contributed by atoms with Crippen LogP contribution in [0.5, 0.6) is 0 Å². The van der Waals surface area contributed by atoms with Gasteiger partial charge in [-0.2, -0.15) is 13.2 Å². The first-order valence-electron chi connectivity index (χ1n) is 18.2. The number of esters is 1. The van der Waals surface area contributed by atoms with Gasteiger partial charge < -0.3 is 36.5 Å². The number of aliphatic hydroxyl groups excluding tert-OH is 1. The Bertz CT molecular complexity index is 1410. The molecule has 1 aromatic carbocycles. The van der Waals surface area contributed by atoms with E-state index < -0.39 is 88.3 Å². The Labute approximate surface area is 309 Å². The minimum atomic E-state index is -5.30. The molecule has 53 heavy (non-hydrogen) atoms. The first-order chi connectivity index (χ1) is 24.9. The van der Waals surface area contributed by atoms with Crippen molar-refractivity contribution in [1.82, 2.24) is 10.6 Å². The molecule has 0 saturated heterocycles. The average Bonchev–Trinajstić information content (AvgIpc) is 3.09. The first kappa shape index (κ1) is 45.0. The summed E-state index contributed by atoms with van der Waals surface area (Å²) in [5.74, 6) is -2.66. The van der Waals surface area contributed by atoms with Gasteiger partial charge in [-0.3, -0.25) is 14.2 Å². The Balaban J connectivity index is 1.77. The topological polar surface area (TPSA) is 224 Å². The lowest BCUT2D eigenvalue weighted by Gasteiger charge is -2.31. The summed E-state index contributed by atoms with van der Waals surface area (Å²) in [6.07, 6.45) is -1.61. The third kappa shape index (κ3) is 16.5. The minimum Gasteiger partial charge on any atom is -0.454 e. The summed E-state index contributed by atoms with van der Waals surface area (Å²) >= 11 is 0. The van der Waals surface area contributed by atoms with Crippen LogP contribution >= 0.6 is 15.1 Å². The number of nitrogens with two attached hydrogens (primary N) is 2. The lowest BCUT2D eigenvalue weighted by atomic mass is 9.91. The molecule has 13 nitrogen and oxygen atoms in total. The molecule has 2 aliphatic rings. The van der Waals surface area contributed by atoms with Crippen molar-refractivity contribution in [2.75, 3.05) is 31.6 Å². The van der Waals surface area contributed by atoms with E-state index in [1.54, 1.807) is 0 Å². The van der Waals surface area contributed by atoms with E-state index in [9.17, 15) is 47.0 Å². The van der Waals surface area contributed by atoms with Gasteiger partial charge in [0.05, 0.1) is 18.3 Å². The second-order valence-corrected chi connectivity index (χ2v) is 19.1.